The molecule has 0 N–H and O–H groups in total. The van der Waals surface area contributed by atoms with Crippen molar-refractivity contribution in [2.24, 2.45) is 7.05 Å². The van der Waals surface area contributed by atoms with Crippen LogP contribution in [0.15, 0.2) is 6.07 Å². The van der Waals surface area contributed by atoms with E-state index in [1.807, 2.05) is 6.92 Å². The van der Waals surface area contributed by atoms with Crippen LogP contribution in [0.3, 0.4) is 0 Å². The maximum Gasteiger partial charge on any atom is 0.356 e. The fraction of sp³-hybridized carbons (Fsp3) is 0.636. The number of esters is 1. The van der Waals surface area contributed by atoms with E-state index >= 15 is 0 Å². The molecule has 0 bridgehead atoms. The maximum atomic E-state index is 11.6. The van der Waals surface area contributed by atoms with Crippen molar-refractivity contribution in [3.8, 4) is 0 Å². The zero-order valence-corrected chi connectivity index (χ0v) is 9.62. The average molecular weight is 210 g/mol. The Labute approximate surface area is 90.2 Å². The molecule has 0 fully saturated rings. The number of unbranched alkanes of at least 4 members (excludes halogenated alkanes) is 1. The lowest BCUT2D eigenvalue weighted by molar-refractivity contribution is 0.0487. The molecule has 0 saturated carbocycles. The molecule has 1 heterocycles. The van der Waals surface area contributed by atoms with Crippen molar-refractivity contribution in [2.75, 3.05) is 6.61 Å². The summed E-state index contributed by atoms with van der Waals surface area (Å²) in [4.78, 5) is 11.6. The van der Waals surface area contributed by atoms with Crippen LogP contribution >= 0.6 is 0 Å². The molecule has 0 radical (unpaired) electrons. The van der Waals surface area contributed by atoms with Crippen LogP contribution in [-0.2, 0) is 18.2 Å². The van der Waals surface area contributed by atoms with Gasteiger partial charge in [0, 0.05) is 7.05 Å². The first-order valence-corrected chi connectivity index (χ1v) is 5.39. The van der Waals surface area contributed by atoms with E-state index in [4.69, 9.17) is 4.74 Å². The first-order chi connectivity index (χ1) is 7.19. The van der Waals surface area contributed by atoms with Gasteiger partial charge in [0.2, 0.25) is 0 Å². The molecule has 0 aromatic carbocycles. The molecule has 84 valence electrons. The second-order valence-electron chi connectivity index (χ2n) is 3.49. The van der Waals surface area contributed by atoms with Gasteiger partial charge in [-0.2, -0.15) is 5.10 Å². The molecule has 0 spiro atoms. The second kappa shape index (κ2) is 5.53. The third-order valence-electron chi connectivity index (χ3n) is 2.23. The molecule has 4 heteroatoms. The van der Waals surface area contributed by atoms with Crippen molar-refractivity contribution >= 4 is 5.97 Å². The molecule has 15 heavy (non-hydrogen) atoms. The summed E-state index contributed by atoms with van der Waals surface area (Å²) in [5, 5.41) is 4.19. The SMILES string of the molecule is CCCCOC(=O)c1cc(CC)nn1C. The summed E-state index contributed by atoms with van der Waals surface area (Å²) in [6.45, 7) is 4.56. The van der Waals surface area contributed by atoms with E-state index in [0.717, 1.165) is 25.0 Å². The summed E-state index contributed by atoms with van der Waals surface area (Å²) >= 11 is 0. The van der Waals surface area contributed by atoms with Crippen LogP contribution in [0.2, 0.25) is 0 Å². The minimum Gasteiger partial charge on any atom is -0.461 e. The van der Waals surface area contributed by atoms with Crippen LogP contribution in [0.4, 0.5) is 0 Å². The van der Waals surface area contributed by atoms with Crippen LogP contribution in [0.5, 0.6) is 0 Å². The lowest BCUT2D eigenvalue weighted by Crippen LogP contribution is -2.11. The Morgan fingerprint density at radius 3 is 2.80 bits per heavy atom. The van der Waals surface area contributed by atoms with Crippen molar-refractivity contribution in [1.29, 1.82) is 0 Å². The molecule has 0 amide bonds. The van der Waals surface area contributed by atoms with Gasteiger partial charge in [0.05, 0.1) is 12.3 Å². The first-order valence-electron chi connectivity index (χ1n) is 5.39. The standard InChI is InChI=1S/C11H18N2O2/c1-4-6-7-15-11(14)10-8-9(5-2)12-13(10)3/h8H,4-7H2,1-3H3. The number of aryl methyl sites for hydroxylation is 2. The molecule has 1 aromatic heterocycles. The molecular formula is C11H18N2O2. The molecule has 0 aliphatic heterocycles. The van der Waals surface area contributed by atoms with Crippen molar-refractivity contribution in [2.45, 2.75) is 33.1 Å². The highest BCUT2D eigenvalue weighted by Crippen LogP contribution is 2.06. The normalized spacial score (nSPS) is 10.3. The summed E-state index contributed by atoms with van der Waals surface area (Å²) in [5.41, 5.74) is 1.45. The van der Waals surface area contributed by atoms with Crippen LogP contribution in [-0.4, -0.2) is 22.4 Å². The largest absolute Gasteiger partial charge is 0.461 e. The van der Waals surface area contributed by atoms with Crippen LogP contribution in [0.1, 0.15) is 42.9 Å². The van der Waals surface area contributed by atoms with Gasteiger partial charge in [-0.1, -0.05) is 20.3 Å². The first kappa shape index (κ1) is 11.8. The summed E-state index contributed by atoms with van der Waals surface area (Å²) in [6, 6.07) is 1.79. The van der Waals surface area contributed by atoms with E-state index in [2.05, 4.69) is 12.0 Å². The number of ether oxygens (including phenoxy) is 1. The lowest BCUT2D eigenvalue weighted by atomic mass is 10.3. The quantitative estimate of drug-likeness (QED) is 0.551. The molecule has 1 aromatic rings. The smallest absolute Gasteiger partial charge is 0.356 e. The Balaban J connectivity index is 2.60. The Kier molecular flexibility index (Phi) is 4.34. The predicted molar refractivity (Wildman–Crippen MR) is 57.8 cm³/mol. The van der Waals surface area contributed by atoms with E-state index in [9.17, 15) is 4.79 Å². The van der Waals surface area contributed by atoms with Crippen molar-refractivity contribution in [3.63, 3.8) is 0 Å². The van der Waals surface area contributed by atoms with Crippen LogP contribution < -0.4 is 0 Å². The van der Waals surface area contributed by atoms with E-state index in [0.29, 0.717) is 12.3 Å². The summed E-state index contributed by atoms with van der Waals surface area (Å²) in [5.74, 6) is -0.279. The molecule has 0 aliphatic rings. The number of nitrogens with zero attached hydrogens (tertiary/aromatic N) is 2. The number of carbonyl (C=O) groups is 1. The van der Waals surface area contributed by atoms with Gasteiger partial charge in [-0.05, 0) is 18.9 Å². The van der Waals surface area contributed by atoms with Crippen LogP contribution in [0, 0.1) is 0 Å². The molecule has 4 nitrogen and oxygen atoms in total. The van der Waals surface area contributed by atoms with E-state index in [-0.39, 0.29) is 5.97 Å². The van der Waals surface area contributed by atoms with Gasteiger partial charge in [0.1, 0.15) is 5.69 Å². The molecule has 0 atom stereocenters. The zero-order chi connectivity index (χ0) is 11.3. The van der Waals surface area contributed by atoms with E-state index in [1.165, 1.54) is 0 Å². The Morgan fingerprint density at radius 1 is 1.53 bits per heavy atom. The summed E-state index contributed by atoms with van der Waals surface area (Å²) < 4.78 is 6.68. The van der Waals surface area contributed by atoms with Gasteiger partial charge in [-0.3, -0.25) is 4.68 Å². The predicted octanol–water partition coefficient (Wildman–Crippen LogP) is 1.94. The topological polar surface area (TPSA) is 44.1 Å². The number of hydrogen-bond donors (Lipinski definition) is 0. The number of hydrogen-bond acceptors (Lipinski definition) is 3. The van der Waals surface area contributed by atoms with E-state index in [1.54, 1.807) is 17.8 Å². The van der Waals surface area contributed by atoms with Gasteiger partial charge in [0.25, 0.3) is 0 Å². The molecule has 0 saturated heterocycles. The van der Waals surface area contributed by atoms with Crippen molar-refractivity contribution in [3.05, 3.63) is 17.5 Å². The fourth-order valence-electron chi connectivity index (χ4n) is 1.27. The lowest BCUT2D eigenvalue weighted by Gasteiger charge is -2.02. The maximum absolute atomic E-state index is 11.6. The van der Waals surface area contributed by atoms with Gasteiger partial charge in [0.15, 0.2) is 0 Å². The second-order valence-corrected chi connectivity index (χ2v) is 3.49. The van der Waals surface area contributed by atoms with Crippen LogP contribution in [0.25, 0.3) is 0 Å². The van der Waals surface area contributed by atoms with Gasteiger partial charge in [-0.25, -0.2) is 4.79 Å². The van der Waals surface area contributed by atoms with Crippen molar-refractivity contribution in [1.82, 2.24) is 9.78 Å². The number of aromatic nitrogens is 2. The minimum absolute atomic E-state index is 0.279. The third kappa shape index (κ3) is 3.08. The highest BCUT2D eigenvalue weighted by atomic mass is 16.5. The molecule has 1 rings (SSSR count). The Morgan fingerprint density at radius 2 is 2.27 bits per heavy atom. The molecule has 0 unspecified atom stereocenters. The molecular weight excluding hydrogens is 192 g/mol. The molecule has 0 aliphatic carbocycles. The van der Waals surface area contributed by atoms with Gasteiger partial charge < -0.3 is 4.74 Å². The van der Waals surface area contributed by atoms with Gasteiger partial charge in [-0.15, -0.1) is 0 Å². The summed E-state index contributed by atoms with van der Waals surface area (Å²) in [6.07, 6.45) is 2.76. The Bertz CT molecular complexity index is 331. The number of rotatable bonds is 5. The van der Waals surface area contributed by atoms with Crippen molar-refractivity contribution < 1.29 is 9.53 Å². The fourth-order valence-corrected chi connectivity index (χ4v) is 1.27. The third-order valence-corrected chi connectivity index (χ3v) is 2.23. The number of carbonyl (C=O) groups excluding carboxylic acids is 1. The van der Waals surface area contributed by atoms with E-state index < -0.39 is 0 Å². The van der Waals surface area contributed by atoms with Gasteiger partial charge >= 0.3 is 5.97 Å². The highest BCUT2D eigenvalue weighted by Gasteiger charge is 2.13. The summed E-state index contributed by atoms with van der Waals surface area (Å²) in [7, 11) is 1.76. The minimum atomic E-state index is -0.279. The Hall–Kier alpha value is -1.32. The average Bonchev–Trinajstić information content (AvgIpc) is 2.60. The monoisotopic (exact) mass is 210 g/mol. The highest BCUT2D eigenvalue weighted by molar-refractivity contribution is 5.87. The zero-order valence-electron chi connectivity index (χ0n) is 9.62.